The average Bonchev–Trinajstić information content (AvgIpc) is 2.72. The molecule has 1 aromatic rings. The number of aryl methyl sites for hydroxylation is 1. The van der Waals surface area contributed by atoms with E-state index in [1.54, 1.807) is 4.90 Å². The topological polar surface area (TPSA) is 49.8 Å². The Labute approximate surface area is 101 Å². The van der Waals surface area contributed by atoms with Crippen molar-refractivity contribution >= 4 is 11.8 Å². The number of cyclic esters (lactones) is 1. The number of anilines is 1. The van der Waals surface area contributed by atoms with E-state index in [9.17, 15) is 4.79 Å². The molecule has 1 aliphatic heterocycles. The van der Waals surface area contributed by atoms with Gasteiger partial charge in [0.25, 0.3) is 0 Å². The van der Waals surface area contributed by atoms with Gasteiger partial charge in [-0.25, -0.2) is 4.79 Å². The number of carbonyl (C=O) groups excluding carboxylic acids is 1. The third kappa shape index (κ3) is 2.58. The molecule has 17 heavy (non-hydrogen) atoms. The van der Waals surface area contributed by atoms with Crippen LogP contribution in [0.5, 0.6) is 0 Å². The summed E-state index contributed by atoms with van der Waals surface area (Å²) >= 11 is 0. The first-order valence-corrected chi connectivity index (χ1v) is 5.92. The first-order chi connectivity index (χ1) is 8.24. The van der Waals surface area contributed by atoms with E-state index >= 15 is 0 Å². The number of hydrogen-bond acceptors (Lipinski definition) is 3. The van der Waals surface area contributed by atoms with Gasteiger partial charge in [0.05, 0.1) is 13.2 Å². The minimum absolute atomic E-state index is 0.129. The largest absolute Gasteiger partial charge is 0.441 e. The van der Waals surface area contributed by atoms with Gasteiger partial charge < -0.3 is 9.84 Å². The van der Waals surface area contributed by atoms with E-state index in [1.807, 2.05) is 24.3 Å². The fraction of sp³-hybridized carbons (Fsp3) is 0.462. The molecule has 1 N–H and O–H groups in total. The Kier molecular flexibility index (Phi) is 3.64. The van der Waals surface area contributed by atoms with Crippen molar-refractivity contribution in [3.05, 3.63) is 29.8 Å². The number of aliphatic hydroxyl groups is 1. The van der Waals surface area contributed by atoms with Crippen molar-refractivity contribution in [1.29, 1.82) is 0 Å². The summed E-state index contributed by atoms with van der Waals surface area (Å²) in [5, 5.41) is 8.96. The van der Waals surface area contributed by atoms with Crippen LogP contribution < -0.4 is 4.90 Å². The lowest BCUT2D eigenvalue weighted by Crippen LogP contribution is -2.25. The zero-order valence-corrected chi connectivity index (χ0v) is 9.93. The molecule has 1 aromatic carbocycles. The number of rotatable bonds is 4. The molecule has 1 atom stereocenters. The summed E-state index contributed by atoms with van der Waals surface area (Å²) in [7, 11) is 0. The maximum absolute atomic E-state index is 11.5. The zero-order chi connectivity index (χ0) is 12.3. The first-order valence-electron chi connectivity index (χ1n) is 5.92. The molecule has 92 valence electrons. The third-order valence-electron chi connectivity index (χ3n) is 2.86. The van der Waals surface area contributed by atoms with Gasteiger partial charge in [0.2, 0.25) is 0 Å². The number of ether oxygens (including phenoxy) is 1. The van der Waals surface area contributed by atoms with Crippen LogP contribution in [0.4, 0.5) is 10.5 Å². The lowest BCUT2D eigenvalue weighted by Gasteiger charge is -2.13. The molecule has 0 bridgehead atoms. The summed E-state index contributed by atoms with van der Waals surface area (Å²) in [5.74, 6) is 0. The van der Waals surface area contributed by atoms with Gasteiger partial charge in [0.15, 0.2) is 0 Å². The Bertz CT molecular complexity index is 388. The molecule has 0 spiro atoms. The predicted octanol–water partition coefficient (Wildman–Crippen LogP) is 1.96. The maximum atomic E-state index is 11.5. The lowest BCUT2D eigenvalue weighted by atomic mass is 10.1. The molecular weight excluding hydrogens is 218 g/mol. The van der Waals surface area contributed by atoms with Crippen LogP contribution in [-0.2, 0) is 11.2 Å². The Morgan fingerprint density at radius 2 is 2.12 bits per heavy atom. The molecule has 1 aliphatic rings. The van der Waals surface area contributed by atoms with Crippen LogP contribution in [-0.4, -0.2) is 30.5 Å². The van der Waals surface area contributed by atoms with Crippen LogP contribution in [0.1, 0.15) is 18.9 Å². The predicted molar refractivity (Wildman–Crippen MR) is 65.1 cm³/mol. The molecule has 0 saturated carbocycles. The standard InChI is InChI=1S/C13H17NO3/c1-2-3-10-4-6-11(7-5-10)14-8-12(9-15)17-13(14)16/h4-7,12,15H,2-3,8-9H2,1H3/t12-/m0/s1. The van der Waals surface area contributed by atoms with Crippen LogP contribution in [0.3, 0.4) is 0 Å². The van der Waals surface area contributed by atoms with E-state index in [0.717, 1.165) is 18.5 Å². The number of nitrogens with zero attached hydrogens (tertiary/aromatic N) is 1. The van der Waals surface area contributed by atoms with Crippen LogP contribution in [0.2, 0.25) is 0 Å². The second-order valence-corrected chi connectivity index (χ2v) is 4.22. The van der Waals surface area contributed by atoms with Gasteiger partial charge in [-0.2, -0.15) is 0 Å². The monoisotopic (exact) mass is 235 g/mol. The molecule has 1 heterocycles. The normalized spacial score (nSPS) is 19.5. The van der Waals surface area contributed by atoms with Crippen LogP contribution >= 0.6 is 0 Å². The Morgan fingerprint density at radius 1 is 1.41 bits per heavy atom. The highest BCUT2D eigenvalue weighted by Gasteiger charge is 2.31. The van der Waals surface area contributed by atoms with E-state index < -0.39 is 6.10 Å². The van der Waals surface area contributed by atoms with Crippen LogP contribution in [0.25, 0.3) is 0 Å². The van der Waals surface area contributed by atoms with Gasteiger partial charge in [-0.1, -0.05) is 25.5 Å². The lowest BCUT2D eigenvalue weighted by molar-refractivity contribution is 0.0963. The zero-order valence-electron chi connectivity index (χ0n) is 9.93. The molecule has 4 heteroatoms. The molecule has 0 aromatic heterocycles. The Hall–Kier alpha value is -1.55. The maximum Gasteiger partial charge on any atom is 0.414 e. The third-order valence-corrected chi connectivity index (χ3v) is 2.86. The van der Waals surface area contributed by atoms with Crippen LogP contribution in [0.15, 0.2) is 24.3 Å². The molecule has 1 saturated heterocycles. The van der Waals surface area contributed by atoms with Crippen molar-refractivity contribution < 1.29 is 14.6 Å². The molecule has 0 radical (unpaired) electrons. The molecule has 1 fully saturated rings. The molecule has 0 unspecified atom stereocenters. The molecule has 4 nitrogen and oxygen atoms in total. The van der Waals surface area contributed by atoms with E-state index in [-0.39, 0.29) is 12.7 Å². The summed E-state index contributed by atoms with van der Waals surface area (Å²) in [4.78, 5) is 13.1. The number of hydrogen-bond donors (Lipinski definition) is 1. The second-order valence-electron chi connectivity index (χ2n) is 4.22. The van der Waals surface area contributed by atoms with Gasteiger partial charge in [0, 0.05) is 5.69 Å². The molecule has 0 aliphatic carbocycles. The van der Waals surface area contributed by atoms with Crippen LogP contribution in [0, 0.1) is 0 Å². The van der Waals surface area contributed by atoms with Crippen molar-refractivity contribution in [3.8, 4) is 0 Å². The molecular formula is C13H17NO3. The Balaban J connectivity index is 2.09. The summed E-state index contributed by atoms with van der Waals surface area (Å²) in [6.07, 6.45) is 1.37. The highest BCUT2D eigenvalue weighted by molar-refractivity contribution is 5.89. The van der Waals surface area contributed by atoms with E-state index in [2.05, 4.69) is 6.92 Å². The van der Waals surface area contributed by atoms with Crippen molar-refractivity contribution in [2.45, 2.75) is 25.9 Å². The van der Waals surface area contributed by atoms with Gasteiger partial charge in [-0.3, -0.25) is 4.90 Å². The average molecular weight is 235 g/mol. The van der Waals surface area contributed by atoms with Crippen molar-refractivity contribution in [2.24, 2.45) is 0 Å². The van der Waals surface area contributed by atoms with Gasteiger partial charge >= 0.3 is 6.09 Å². The summed E-state index contributed by atoms with van der Waals surface area (Å²) in [6, 6.07) is 7.90. The number of amides is 1. The summed E-state index contributed by atoms with van der Waals surface area (Å²) in [5.41, 5.74) is 2.09. The Morgan fingerprint density at radius 3 is 2.65 bits per heavy atom. The second kappa shape index (κ2) is 5.19. The SMILES string of the molecule is CCCc1ccc(N2C[C@@H](CO)OC2=O)cc1. The summed E-state index contributed by atoms with van der Waals surface area (Å²) in [6.45, 7) is 2.43. The number of benzene rings is 1. The fourth-order valence-electron chi connectivity index (χ4n) is 1.96. The summed E-state index contributed by atoms with van der Waals surface area (Å²) < 4.78 is 4.99. The minimum Gasteiger partial charge on any atom is -0.441 e. The van der Waals surface area contributed by atoms with Gasteiger partial charge in [-0.15, -0.1) is 0 Å². The number of aliphatic hydroxyl groups excluding tert-OH is 1. The fourth-order valence-corrected chi connectivity index (χ4v) is 1.96. The van der Waals surface area contributed by atoms with Crippen molar-refractivity contribution in [1.82, 2.24) is 0 Å². The minimum atomic E-state index is -0.405. The van der Waals surface area contributed by atoms with Gasteiger partial charge in [-0.05, 0) is 24.1 Å². The van der Waals surface area contributed by atoms with E-state index in [1.165, 1.54) is 5.56 Å². The number of carbonyl (C=O) groups is 1. The van der Waals surface area contributed by atoms with E-state index in [4.69, 9.17) is 9.84 Å². The first kappa shape index (κ1) is 11.9. The smallest absolute Gasteiger partial charge is 0.414 e. The quantitative estimate of drug-likeness (QED) is 0.867. The van der Waals surface area contributed by atoms with E-state index in [0.29, 0.717) is 6.54 Å². The molecule has 1 amide bonds. The van der Waals surface area contributed by atoms with Gasteiger partial charge in [0.1, 0.15) is 6.10 Å². The van der Waals surface area contributed by atoms with Crippen molar-refractivity contribution in [2.75, 3.05) is 18.1 Å². The highest BCUT2D eigenvalue weighted by Crippen LogP contribution is 2.22. The highest BCUT2D eigenvalue weighted by atomic mass is 16.6. The molecule has 2 rings (SSSR count). The van der Waals surface area contributed by atoms with Crippen molar-refractivity contribution in [3.63, 3.8) is 0 Å².